The summed E-state index contributed by atoms with van der Waals surface area (Å²) in [6, 6.07) is 1.81. The zero-order chi connectivity index (χ0) is 12.3. The van der Waals surface area contributed by atoms with Crippen molar-refractivity contribution in [1.29, 1.82) is 0 Å². The molecule has 0 unspecified atom stereocenters. The van der Waals surface area contributed by atoms with Crippen molar-refractivity contribution in [3.63, 3.8) is 0 Å². The van der Waals surface area contributed by atoms with E-state index in [1.807, 2.05) is 0 Å². The summed E-state index contributed by atoms with van der Waals surface area (Å²) in [6.07, 6.45) is -4.57. The van der Waals surface area contributed by atoms with Crippen molar-refractivity contribution in [3.05, 3.63) is 35.4 Å². The summed E-state index contributed by atoms with van der Waals surface area (Å²) in [4.78, 5) is 11.1. The van der Waals surface area contributed by atoms with Crippen molar-refractivity contribution in [2.24, 2.45) is 0 Å². The van der Waals surface area contributed by atoms with Gasteiger partial charge in [-0.2, -0.15) is 13.2 Å². The molecule has 0 aliphatic carbocycles. The number of alkyl halides is 3. The first-order valence-corrected chi connectivity index (χ1v) is 4.09. The standard InChI is InChI=1S/C9H6F5NO/c10-6-1-5(2-7(11)3-6)8(16)15-4-9(12,13)14/h1-3H,4H2,(H,15,16). The number of hydrogen-bond donors (Lipinski definition) is 1. The van der Waals surface area contributed by atoms with Gasteiger partial charge in [-0.1, -0.05) is 0 Å². The molecule has 16 heavy (non-hydrogen) atoms. The van der Waals surface area contributed by atoms with Crippen LogP contribution in [-0.2, 0) is 0 Å². The largest absolute Gasteiger partial charge is 0.405 e. The Bertz CT molecular complexity index is 381. The van der Waals surface area contributed by atoms with Crippen molar-refractivity contribution in [2.45, 2.75) is 6.18 Å². The highest BCUT2D eigenvalue weighted by Gasteiger charge is 2.28. The van der Waals surface area contributed by atoms with E-state index >= 15 is 0 Å². The van der Waals surface area contributed by atoms with E-state index in [1.165, 1.54) is 5.32 Å². The van der Waals surface area contributed by atoms with Crippen LogP contribution in [-0.4, -0.2) is 18.6 Å². The summed E-state index contributed by atoms with van der Waals surface area (Å²) in [6.45, 7) is -1.55. The summed E-state index contributed by atoms with van der Waals surface area (Å²) in [5, 5.41) is 1.50. The van der Waals surface area contributed by atoms with Crippen molar-refractivity contribution in [2.75, 3.05) is 6.54 Å². The lowest BCUT2D eigenvalue weighted by atomic mass is 10.2. The van der Waals surface area contributed by atoms with Gasteiger partial charge in [0.25, 0.3) is 5.91 Å². The van der Waals surface area contributed by atoms with Gasteiger partial charge in [0.15, 0.2) is 0 Å². The predicted molar refractivity (Wildman–Crippen MR) is 44.7 cm³/mol. The van der Waals surface area contributed by atoms with Crippen LogP contribution in [0.15, 0.2) is 18.2 Å². The highest BCUT2D eigenvalue weighted by Crippen LogP contribution is 2.13. The highest BCUT2D eigenvalue weighted by molar-refractivity contribution is 5.94. The zero-order valence-electron chi connectivity index (χ0n) is 7.74. The number of carbonyl (C=O) groups excluding carboxylic acids is 1. The van der Waals surface area contributed by atoms with Crippen molar-refractivity contribution >= 4 is 5.91 Å². The Morgan fingerprint density at radius 1 is 1.12 bits per heavy atom. The quantitative estimate of drug-likeness (QED) is 0.788. The van der Waals surface area contributed by atoms with Gasteiger partial charge in [0.05, 0.1) is 0 Å². The number of carbonyl (C=O) groups is 1. The van der Waals surface area contributed by atoms with Gasteiger partial charge in [0.1, 0.15) is 18.2 Å². The minimum atomic E-state index is -4.57. The fourth-order valence-corrected chi connectivity index (χ4v) is 0.967. The van der Waals surface area contributed by atoms with Crippen molar-refractivity contribution in [3.8, 4) is 0 Å². The average molecular weight is 239 g/mol. The maximum absolute atomic E-state index is 12.6. The van der Waals surface area contributed by atoms with E-state index in [2.05, 4.69) is 0 Å². The van der Waals surface area contributed by atoms with E-state index in [-0.39, 0.29) is 0 Å². The molecule has 0 radical (unpaired) electrons. The van der Waals surface area contributed by atoms with Crippen LogP contribution in [0.4, 0.5) is 22.0 Å². The second kappa shape index (κ2) is 4.46. The normalized spacial score (nSPS) is 11.3. The minimum absolute atomic E-state index is 0.498. The van der Waals surface area contributed by atoms with Crippen LogP contribution in [0.25, 0.3) is 0 Å². The van der Waals surface area contributed by atoms with Crippen LogP contribution in [0.3, 0.4) is 0 Å². The Balaban J connectivity index is 2.73. The van der Waals surface area contributed by atoms with Gasteiger partial charge in [-0.3, -0.25) is 4.79 Å². The Labute approximate surface area is 87.1 Å². The second-order valence-corrected chi connectivity index (χ2v) is 2.96. The minimum Gasteiger partial charge on any atom is -0.343 e. The number of halogens is 5. The van der Waals surface area contributed by atoms with Gasteiger partial charge in [0.2, 0.25) is 0 Å². The van der Waals surface area contributed by atoms with Gasteiger partial charge in [-0.15, -0.1) is 0 Å². The molecule has 0 spiro atoms. The Morgan fingerprint density at radius 2 is 1.62 bits per heavy atom. The van der Waals surface area contributed by atoms with E-state index in [1.54, 1.807) is 0 Å². The lowest BCUT2D eigenvalue weighted by Crippen LogP contribution is -2.33. The third-order valence-corrected chi connectivity index (χ3v) is 1.57. The van der Waals surface area contributed by atoms with Crippen LogP contribution in [0.5, 0.6) is 0 Å². The fourth-order valence-electron chi connectivity index (χ4n) is 0.967. The average Bonchev–Trinajstić information content (AvgIpc) is 2.11. The smallest absolute Gasteiger partial charge is 0.343 e. The molecule has 0 heterocycles. The fraction of sp³-hybridized carbons (Fsp3) is 0.222. The maximum atomic E-state index is 12.6. The Hall–Kier alpha value is -1.66. The van der Waals surface area contributed by atoms with Crippen LogP contribution in [0, 0.1) is 11.6 Å². The van der Waals surface area contributed by atoms with E-state index in [0.29, 0.717) is 18.2 Å². The molecule has 0 aromatic heterocycles. The summed E-state index contributed by atoms with van der Waals surface area (Å²) in [7, 11) is 0. The third kappa shape index (κ3) is 3.84. The van der Waals surface area contributed by atoms with Gasteiger partial charge in [-0.05, 0) is 12.1 Å². The molecule has 0 aliphatic rings. The third-order valence-electron chi connectivity index (χ3n) is 1.57. The van der Waals surface area contributed by atoms with Gasteiger partial charge in [0, 0.05) is 11.6 Å². The predicted octanol–water partition coefficient (Wildman–Crippen LogP) is 2.26. The van der Waals surface area contributed by atoms with E-state index in [4.69, 9.17) is 0 Å². The van der Waals surface area contributed by atoms with E-state index in [0.717, 1.165) is 0 Å². The van der Waals surface area contributed by atoms with Crippen LogP contribution in [0.2, 0.25) is 0 Å². The summed E-state index contributed by atoms with van der Waals surface area (Å²) < 4.78 is 60.4. The first-order valence-electron chi connectivity index (χ1n) is 4.09. The number of amides is 1. The molecular weight excluding hydrogens is 233 g/mol. The van der Waals surface area contributed by atoms with E-state index < -0.39 is 35.8 Å². The lowest BCUT2D eigenvalue weighted by Gasteiger charge is -2.08. The van der Waals surface area contributed by atoms with Crippen LogP contribution < -0.4 is 5.32 Å². The maximum Gasteiger partial charge on any atom is 0.405 e. The van der Waals surface area contributed by atoms with Gasteiger partial charge < -0.3 is 5.32 Å². The molecule has 0 saturated carbocycles. The number of hydrogen-bond acceptors (Lipinski definition) is 1. The molecule has 2 nitrogen and oxygen atoms in total. The summed E-state index contributed by atoms with van der Waals surface area (Å²) in [5.74, 6) is -3.25. The number of nitrogens with one attached hydrogen (secondary N) is 1. The van der Waals surface area contributed by atoms with E-state index in [9.17, 15) is 26.7 Å². The topological polar surface area (TPSA) is 29.1 Å². The molecule has 1 aromatic rings. The van der Waals surface area contributed by atoms with Crippen molar-refractivity contribution in [1.82, 2.24) is 5.32 Å². The van der Waals surface area contributed by atoms with Gasteiger partial charge >= 0.3 is 6.18 Å². The van der Waals surface area contributed by atoms with Gasteiger partial charge in [-0.25, -0.2) is 8.78 Å². The van der Waals surface area contributed by atoms with Crippen LogP contribution >= 0.6 is 0 Å². The molecule has 0 atom stereocenters. The monoisotopic (exact) mass is 239 g/mol. The first kappa shape index (κ1) is 12.4. The SMILES string of the molecule is O=C(NCC(F)(F)F)c1cc(F)cc(F)c1. The molecule has 0 bridgehead atoms. The zero-order valence-corrected chi connectivity index (χ0v) is 7.74. The molecule has 1 rings (SSSR count). The summed E-state index contributed by atoms with van der Waals surface area (Å²) >= 11 is 0. The molecule has 88 valence electrons. The molecule has 0 aliphatic heterocycles. The molecule has 1 N–H and O–H groups in total. The first-order chi connectivity index (χ1) is 7.28. The number of benzene rings is 1. The Morgan fingerprint density at radius 3 is 2.06 bits per heavy atom. The molecular formula is C9H6F5NO. The molecule has 1 amide bonds. The molecule has 1 aromatic carbocycles. The molecule has 0 saturated heterocycles. The Kier molecular flexibility index (Phi) is 3.46. The van der Waals surface area contributed by atoms with Crippen LogP contribution in [0.1, 0.15) is 10.4 Å². The second-order valence-electron chi connectivity index (χ2n) is 2.96. The highest BCUT2D eigenvalue weighted by atomic mass is 19.4. The summed E-state index contributed by atoms with van der Waals surface area (Å²) in [5.41, 5.74) is -0.498. The number of rotatable bonds is 2. The van der Waals surface area contributed by atoms with Crippen molar-refractivity contribution < 1.29 is 26.7 Å². The molecule has 7 heteroatoms. The molecule has 0 fully saturated rings. The lowest BCUT2D eigenvalue weighted by molar-refractivity contribution is -0.123.